The molecule has 4 nitrogen and oxygen atoms in total. The number of nitrogens with one attached hydrogen (secondary N) is 1. The molecule has 0 amide bonds. The Bertz CT molecular complexity index is 510. The van der Waals surface area contributed by atoms with Crippen molar-refractivity contribution >= 4 is 11.0 Å². The molecule has 1 aromatic heterocycles. The lowest BCUT2D eigenvalue weighted by Crippen LogP contribution is -2.46. The summed E-state index contributed by atoms with van der Waals surface area (Å²) in [6.07, 6.45) is 0. The van der Waals surface area contributed by atoms with Crippen molar-refractivity contribution in [3.63, 3.8) is 0 Å². The molecule has 1 fully saturated rings. The van der Waals surface area contributed by atoms with Crippen LogP contribution in [0.3, 0.4) is 0 Å². The second-order valence-electron chi connectivity index (χ2n) is 5.57. The third kappa shape index (κ3) is 3.39. The molecule has 0 unspecified atom stereocenters. The van der Waals surface area contributed by atoms with Gasteiger partial charge in [0.2, 0.25) is 0 Å². The van der Waals surface area contributed by atoms with Gasteiger partial charge in [-0.15, -0.1) is 0 Å². The average Bonchev–Trinajstić information content (AvgIpc) is 2.88. The zero-order valence-corrected chi connectivity index (χ0v) is 12.1. The summed E-state index contributed by atoms with van der Waals surface area (Å²) in [5.74, 6) is 1.02. The van der Waals surface area contributed by atoms with Gasteiger partial charge in [-0.1, -0.05) is 18.2 Å². The number of benzene rings is 1. The summed E-state index contributed by atoms with van der Waals surface area (Å²) in [7, 11) is 2.19. The van der Waals surface area contributed by atoms with Gasteiger partial charge in [-0.25, -0.2) is 0 Å². The lowest BCUT2D eigenvalue weighted by Gasteiger charge is -2.32. The Morgan fingerprint density at radius 2 is 1.95 bits per heavy atom. The number of fused-ring (bicyclic) bond motifs is 1. The highest BCUT2D eigenvalue weighted by molar-refractivity contribution is 5.77. The molecule has 0 atom stereocenters. The molecule has 108 valence electrons. The molecule has 20 heavy (non-hydrogen) atoms. The van der Waals surface area contributed by atoms with E-state index in [9.17, 15) is 0 Å². The van der Waals surface area contributed by atoms with Crippen LogP contribution in [0.25, 0.3) is 11.0 Å². The molecule has 2 aromatic rings. The fourth-order valence-electron chi connectivity index (χ4n) is 2.64. The highest BCUT2D eigenvalue weighted by atomic mass is 16.3. The van der Waals surface area contributed by atoms with Gasteiger partial charge in [0.25, 0.3) is 0 Å². The third-order valence-corrected chi connectivity index (χ3v) is 3.98. The number of furan rings is 1. The van der Waals surface area contributed by atoms with E-state index in [1.165, 1.54) is 31.6 Å². The van der Waals surface area contributed by atoms with Crippen LogP contribution in [0.1, 0.15) is 5.76 Å². The predicted molar refractivity (Wildman–Crippen MR) is 81.9 cm³/mol. The molecule has 3 rings (SSSR count). The number of para-hydroxylation sites is 1. The van der Waals surface area contributed by atoms with Gasteiger partial charge in [-0.3, -0.25) is 4.90 Å². The first-order valence-corrected chi connectivity index (χ1v) is 7.40. The maximum Gasteiger partial charge on any atom is 0.134 e. The summed E-state index contributed by atoms with van der Waals surface area (Å²) >= 11 is 0. The van der Waals surface area contributed by atoms with Crippen LogP contribution in [0.2, 0.25) is 0 Å². The van der Waals surface area contributed by atoms with Crippen molar-refractivity contribution in [2.24, 2.45) is 0 Å². The van der Waals surface area contributed by atoms with Crippen LogP contribution in [0, 0.1) is 0 Å². The molecule has 0 bridgehead atoms. The van der Waals surface area contributed by atoms with Gasteiger partial charge in [0.15, 0.2) is 0 Å². The summed E-state index contributed by atoms with van der Waals surface area (Å²) in [4.78, 5) is 4.91. The van der Waals surface area contributed by atoms with Crippen LogP contribution >= 0.6 is 0 Å². The van der Waals surface area contributed by atoms with Gasteiger partial charge in [0.1, 0.15) is 11.3 Å². The second kappa shape index (κ2) is 6.39. The summed E-state index contributed by atoms with van der Waals surface area (Å²) < 4.78 is 5.79. The predicted octanol–water partition coefficient (Wildman–Crippen LogP) is 1.77. The van der Waals surface area contributed by atoms with Crippen molar-refractivity contribution in [2.75, 3.05) is 46.3 Å². The van der Waals surface area contributed by atoms with Crippen molar-refractivity contribution in [3.05, 3.63) is 36.1 Å². The minimum Gasteiger partial charge on any atom is -0.460 e. The molecular formula is C16H23N3O. The number of piperazine rings is 1. The minimum absolute atomic E-state index is 0.808. The molecule has 2 heterocycles. The normalized spacial score (nSPS) is 17.9. The number of hydrogen-bond acceptors (Lipinski definition) is 4. The molecule has 1 saturated heterocycles. The summed E-state index contributed by atoms with van der Waals surface area (Å²) in [5, 5.41) is 4.66. The SMILES string of the molecule is CN1CCN(CCNCc2cc3ccccc3o2)CC1. The van der Waals surface area contributed by atoms with Crippen LogP contribution in [0.5, 0.6) is 0 Å². The van der Waals surface area contributed by atoms with E-state index < -0.39 is 0 Å². The van der Waals surface area contributed by atoms with E-state index in [0.717, 1.165) is 31.0 Å². The molecule has 0 saturated carbocycles. The summed E-state index contributed by atoms with van der Waals surface area (Å²) in [5.41, 5.74) is 0.975. The number of hydrogen-bond donors (Lipinski definition) is 1. The molecular weight excluding hydrogens is 250 g/mol. The minimum atomic E-state index is 0.808. The molecule has 1 aromatic carbocycles. The van der Waals surface area contributed by atoms with E-state index >= 15 is 0 Å². The van der Waals surface area contributed by atoms with Crippen molar-refractivity contribution < 1.29 is 4.42 Å². The third-order valence-electron chi connectivity index (χ3n) is 3.98. The van der Waals surface area contributed by atoms with Crippen molar-refractivity contribution in [3.8, 4) is 0 Å². The van der Waals surface area contributed by atoms with Gasteiger partial charge in [-0.05, 0) is 19.2 Å². The van der Waals surface area contributed by atoms with Crippen LogP contribution in [-0.2, 0) is 6.54 Å². The molecule has 0 spiro atoms. The second-order valence-corrected chi connectivity index (χ2v) is 5.57. The quantitative estimate of drug-likeness (QED) is 0.841. The molecule has 4 heteroatoms. The molecule has 1 N–H and O–H groups in total. The van der Waals surface area contributed by atoms with Gasteiger partial charge in [0, 0.05) is 44.7 Å². The van der Waals surface area contributed by atoms with Crippen LogP contribution in [0.15, 0.2) is 34.7 Å². The maximum atomic E-state index is 5.79. The first-order valence-electron chi connectivity index (χ1n) is 7.40. The smallest absolute Gasteiger partial charge is 0.134 e. The molecule has 1 aliphatic rings. The van der Waals surface area contributed by atoms with Crippen molar-refractivity contribution in [1.29, 1.82) is 0 Å². The largest absolute Gasteiger partial charge is 0.460 e. The highest BCUT2D eigenvalue weighted by Crippen LogP contribution is 2.18. The maximum absolute atomic E-state index is 5.79. The van der Waals surface area contributed by atoms with Gasteiger partial charge in [0.05, 0.1) is 6.54 Å². The number of nitrogens with zero attached hydrogens (tertiary/aromatic N) is 2. The van der Waals surface area contributed by atoms with Crippen LogP contribution < -0.4 is 5.32 Å². The molecule has 0 aliphatic carbocycles. The van der Waals surface area contributed by atoms with Crippen LogP contribution in [-0.4, -0.2) is 56.1 Å². The Labute approximate surface area is 120 Å². The Kier molecular flexibility index (Phi) is 4.35. The standard InChI is InChI=1S/C16H23N3O/c1-18-8-10-19(11-9-18)7-6-17-13-15-12-14-4-2-3-5-16(14)20-15/h2-5,12,17H,6-11,13H2,1H3. The Morgan fingerprint density at radius 3 is 2.75 bits per heavy atom. The zero-order valence-electron chi connectivity index (χ0n) is 12.1. The van der Waals surface area contributed by atoms with E-state index in [1.807, 2.05) is 18.2 Å². The topological polar surface area (TPSA) is 31.6 Å². The average molecular weight is 273 g/mol. The lowest BCUT2D eigenvalue weighted by atomic mass is 10.2. The Morgan fingerprint density at radius 1 is 1.15 bits per heavy atom. The lowest BCUT2D eigenvalue weighted by molar-refractivity contribution is 0.154. The van der Waals surface area contributed by atoms with Crippen LogP contribution in [0.4, 0.5) is 0 Å². The van der Waals surface area contributed by atoms with Crippen molar-refractivity contribution in [1.82, 2.24) is 15.1 Å². The molecule has 0 radical (unpaired) electrons. The Hall–Kier alpha value is -1.36. The fraction of sp³-hybridized carbons (Fsp3) is 0.500. The monoisotopic (exact) mass is 273 g/mol. The summed E-state index contributed by atoms with van der Waals surface area (Å²) in [6, 6.07) is 10.3. The van der Waals surface area contributed by atoms with Crippen molar-refractivity contribution in [2.45, 2.75) is 6.54 Å². The van der Waals surface area contributed by atoms with E-state index in [0.29, 0.717) is 0 Å². The van der Waals surface area contributed by atoms with E-state index in [2.05, 4.69) is 34.3 Å². The van der Waals surface area contributed by atoms with E-state index in [1.54, 1.807) is 0 Å². The first-order chi connectivity index (χ1) is 9.81. The molecule has 1 aliphatic heterocycles. The highest BCUT2D eigenvalue weighted by Gasteiger charge is 2.12. The first kappa shape index (κ1) is 13.6. The van der Waals surface area contributed by atoms with Gasteiger partial charge < -0.3 is 14.6 Å². The van der Waals surface area contributed by atoms with E-state index in [4.69, 9.17) is 4.42 Å². The fourth-order valence-corrected chi connectivity index (χ4v) is 2.64. The Balaban J connectivity index is 1.41. The van der Waals surface area contributed by atoms with Gasteiger partial charge in [-0.2, -0.15) is 0 Å². The number of rotatable bonds is 5. The zero-order chi connectivity index (χ0) is 13.8. The van der Waals surface area contributed by atoms with Gasteiger partial charge >= 0.3 is 0 Å². The number of likely N-dealkylation sites (N-methyl/N-ethyl adjacent to an activating group) is 1. The van der Waals surface area contributed by atoms with E-state index in [-0.39, 0.29) is 0 Å². The summed E-state index contributed by atoms with van der Waals surface area (Å²) in [6.45, 7) is 7.68.